The van der Waals surface area contributed by atoms with Gasteiger partial charge in [0.25, 0.3) is 0 Å². The number of aryl methyl sites for hydroxylation is 2. The summed E-state index contributed by atoms with van der Waals surface area (Å²) in [5.74, 6) is 0.209. The minimum atomic E-state index is -0.642. The van der Waals surface area contributed by atoms with E-state index in [9.17, 15) is 8.78 Å². The molecule has 0 atom stereocenters. The Morgan fingerprint density at radius 3 is 1.49 bits per heavy atom. The summed E-state index contributed by atoms with van der Waals surface area (Å²) in [6, 6.07) is 41.9. The van der Waals surface area contributed by atoms with Crippen molar-refractivity contribution in [2.45, 2.75) is 13.8 Å². The fourth-order valence-electron chi connectivity index (χ4n) is 6.25. The normalized spacial score (nSPS) is 11.4. The molecule has 0 aliphatic heterocycles. The molecule has 0 N–H and O–H groups in total. The van der Waals surface area contributed by atoms with E-state index >= 15 is 0 Å². The minimum absolute atomic E-state index is 0.421. The van der Waals surface area contributed by atoms with E-state index in [1.54, 1.807) is 0 Å². The van der Waals surface area contributed by atoms with Gasteiger partial charge in [0.1, 0.15) is 11.6 Å². The number of aromatic nitrogens is 4. The molecule has 6 heteroatoms. The monoisotopic (exact) mass is 614 g/mol. The fourth-order valence-corrected chi connectivity index (χ4v) is 6.25. The summed E-state index contributed by atoms with van der Waals surface area (Å²) in [5.41, 5.74) is 8.68. The smallest absolute Gasteiger partial charge is 0.166 e. The van der Waals surface area contributed by atoms with Crippen LogP contribution in [0, 0.1) is 25.5 Å². The highest BCUT2D eigenvalue weighted by molar-refractivity contribution is 6.10. The second-order valence-corrected chi connectivity index (χ2v) is 11.8. The van der Waals surface area contributed by atoms with Crippen molar-refractivity contribution in [1.82, 2.24) is 19.5 Å². The van der Waals surface area contributed by atoms with E-state index in [2.05, 4.69) is 54.8 Å². The Kier molecular flexibility index (Phi) is 6.91. The Labute approximate surface area is 270 Å². The second kappa shape index (κ2) is 11.4. The van der Waals surface area contributed by atoms with E-state index in [-0.39, 0.29) is 0 Å². The molecule has 0 radical (unpaired) electrons. The average molecular weight is 615 g/mol. The van der Waals surface area contributed by atoms with Crippen molar-refractivity contribution >= 4 is 21.8 Å². The number of hydrogen-bond donors (Lipinski definition) is 0. The van der Waals surface area contributed by atoms with Gasteiger partial charge < -0.3 is 4.57 Å². The lowest BCUT2D eigenvalue weighted by Crippen LogP contribution is -2.04. The van der Waals surface area contributed by atoms with Gasteiger partial charge in [0.05, 0.1) is 16.7 Å². The molecule has 47 heavy (non-hydrogen) atoms. The lowest BCUT2D eigenvalue weighted by Gasteiger charge is -2.16. The number of nitrogens with zero attached hydrogens (tertiary/aromatic N) is 4. The van der Waals surface area contributed by atoms with Gasteiger partial charge in [-0.1, -0.05) is 90.0 Å². The van der Waals surface area contributed by atoms with Crippen molar-refractivity contribution in [2.75, 3.05) is 0 Å². The van der Waals surface area contributed by atoms with Crippen molar-refractivity contribution in [2.24, 2.45) is 0 Å². The van der Waals surface area contributed by atoms with Gasteiger partial charge in [-0.15, -0.1) is 0 Å². The average Bonchev–Trinajstić information content (AvgIpc) is 3.40. The van der Waals surface area contributed by atoms with E-state index in [1.165, 1.54) is 23.3 Å². The molecular weight excluding hydrogens is 586 g/mol. The van der Waals surface area contributed by atoms with Gasteiger partial charge in [-0.3, -0.25) is 0 Å². The third-order valence-corrected chi connectivity index (χ3v) is 8.45. The Hall–Kier alpha value is -6.01. The van der Waals surface area contributed by atoms with Crippen LogP contribution in [-0.4, -0.2) is 19.5 Å². The maximum atomic E-state index is 14.5. The van der Waals surface area contributed by atoms with Crippen LogP contribution in [0.3, 0.4) is 0 Å². The van der Waals surface area contributed by atoms with Crippen LogP contribution in [0.25, 0.3) is 72.8 Å². The molecule has 0 aliphatic carbocycles. The van der Waals surface area contributed by atoms with E-state index in [1.807, 2.05) is 78.9 Å². The first-order valence-electron chi connectivity index (χ1n) is 15.4. The molecule has 0 bridgehead atoms. The maximum absolute atomic E-state index is 14.5. The molecule has 8 rings (SSSR count). The highest BCUT2D eigenvalue weighted by atomic mass is 19.1. The molecule has 0 saturated heterocycles. The van der Waals surface area contributed by atoms with Crippen LogP contribution in [0.5, 0.6) is 0 Å². The number of halogens is 2. The first kappa shape index (κ1) is 28.5. The number of fused-ring (bicyclic) bond motifs is 3. The van der Waals surface area contributed by atoms with E-state index in [0.717, 1.165) is 44.7 Å². The minimum Gasteiger partial charge on any atom is -0.309 e. The summed E-state index contributed by atoms with van der Waals surface area (Å²) in [6.45, 7) is 4.19. The quantitative estimate of drug-likeness (QED) is 0.194. The highest BCUT2D eigenvalue weighted by Gasteiger charge is 2.21. The van der Waals surface area contributed by atoms with Crippen molar-refractivity contribution in [1.29, 1.82) is 0 Å². The zero-order valence-electron chi connectivity index (χ0n) is 25.7. The summed E-state index contributed by atoms with van der Waals surface area (Å²) in [7, 11) is 0. The Morgan fingerprint density at radius 2 is 0.957 bits per heavy atom. The molecule has 0 unspecified atom stereocenters. The van der Waals surface area contributed by atoms with Crippen molar-refractivity contribution < 1.29 is 8.78 Å². The van der Waals surface area contributed by atoms with Gasteiger partial charge in [-0.2, -0.15) is 0 Å². The topological polar surface area (TPSA) is 43.6 Å². The van der Waals surface area contributed by atoms with Crippen LogP contribution in [-0.2, 0) is 0 Å². The Balaban J connectivity index is 1.47. The summed E-state index contributed by atoms with van der Waals surface area (Å²) in [6.07, 6.45) is 0. The van der Waals surface area contributed by atoms with Crippen LogP contribution >= 0.6 is 0 Å². The van der Waals surface area contributed by atoms with Crippen LogP contribution < -0.4 is 0 Å². The van der Waals surface area contributed by atoms with Gasteiger partial charge in [-0.25, -0.2) is 23.7 Å². The number of hydrogen-bond acceptors (Lipinski definition) is 3. The second-order valence-electron chi connectivity index (χ2n) is 11.8. The molecule has 0 amide bonds. The zero-order chi connectivity index (χ0) is 32.1. The van der Waals surface area contributed by atoms with E-state index in [0.29, 0.717) is 34.2 Å². The summed E-state index contributed by atoms with van der Waals surface area (Å²) in [4.78, 5) is 15.0. The Bertz CT molecular complexity index is 2310. The molecule has 2 heterocycles. The molecule has 4 nitrogen and oxygen atoms in total. The van der Waals surface area contributed by atoms with Gasteiger partial charge in [0.2, 0.25) is 0 Å². The van der Waals surface area contributed by atoms with Crippen molar-refractivity contribution in [3.8, 4) is 51.0 Å². The van der Waals surface area contributed by atoms with Crippen LogP contribution in [0.4, 0.5) is 8.78 Å². The molecule has 6 aromatic carbocycles. The molecule has 2 aromatic heterocycles. The van der Waals surface area contributed by atoms with Gasteiger partial charge >= 0.3 is 0 Å². The molecule has 8 aromatic rings. The third-order valence-electron chi connectivity index (χ3n) is 8.45. The van der Waals surface area contributed by atoms with E-state index in [4.69, 9.17) is 15.0 Å². The maximum Gasteiger partial charge on any atom is 0.166 e. The molecule has 0 saturated carbocycles. The molecule has 0 fully saturated rings. The van der Waals surface area contributed by atoms with Gasteiger partial charge in [0, 0.05) is 33.5 Å². The predicted octanol–water partition coefficient (Wildman–Crippen LogP) is 10.5. The zero-order valence-corrected chi connectivity index (χ0v) is 25.7. The summed E-state index contributed by atoms with van der Waals surface area (Å²) < 4.78 is 31.1. The molecule has 0 aliphatic rings. The largest absolute Gasteiger partial charge is 0.309 e. The third kappa shape index (κ3) is 5.24. The molecule has 226 valence electrons. The predicted molar refractivity (Wildman–Crippen MR) is 185 cm³/mol. The first-order valence-corrected chi connectivity index (χ1v) is 15.4. The Morgan fingerprint density at radius 1 is 0.447 bits per heavy atom. The standard InChI is InChI=1S/C41H28F2N4/c1-25-13-16-36-33(19-25)34-20-26(2)14-17-37(34)47(36)38-18-15-29(30-21-31(42)24-32(43)22-30)23-35(38)41-45-39(27-9-5-3-6-10-27)44-40(46-41)28-11-7-4-8-12-28/h3-24H,1-2H3. The molecular formula is C41H28F2N4. The van der Waals surface area contributed by atoms with Crippen LogP contribution in [0.2, 0.25) is 0 Å². The van der Waals surface area contributed by atoms with Crippen LogP contribution in [0.1, 0.15) is 11.1 Å². The highest BCUT2D eigenvalue weighted by Crippen LogP contribution is 2.39. The van der Waals surface area contributed by atoms with Gasteiger partial charge in [-0.05, 0) is 73.5 Å². The SMILES string of the molecule is Cc1ccc2c(c1)c1cc(C)ccc1n2-c1ccc(-c2cc(F)cc(F)c2)cc1-c1nc(-c2ccccc2)nc(-c2ccccc2)n1. The fraction of sp³-hybridized carbons (Fsp3) is 0.0488. The molecule has 0 spiro atoms. The van der Waals surface area contributed by atoms with E-state index < -0.39 is 11.6 Å². The lowest BCUT2D eigenvalue weighted by molar-refractivity contribution is 0.584. The summed E-state index contributed by atoms with van der Waals surface area (Å²) >= 11 is 0. The van der Waals surface area contributed by atoms with Crippen molar-refractivity contribution in [3.63, 3.8) is 0 Å². The lowest BCUT2D eigenvalue weighted by atomic mass is 10.0. The number of benzene rings is 6. The van der Waals surface area contributed by atoms with Gasteiger partial charge in [0.15, 0.2) is 17.5 Å². The summed E-state index contributed by atoms with van der Waals surface area (Å²) in [5, 5.41) is 2.27. The number of rotatable bonds is 5. The van der Waals surface area contributed by atoms with Crippen LogP contribution in [0.15, 0.2) is 133 Å². The van der Waals surface area contributed by atoms with Crippen molar-refractivity contribution in [3.05, 3.63) is 156 Å². The first-order chi connectivity index (χ1) is 22.9.